The standard InChI is InChI=1S/C13H27N3O3/c1-14-13(15-6-3-8-17-2)16-7-4-9-19-12-5-10-18-11-12/h12H,3-11H2,1-2H3,(H2,14,15,16). The highest BCUT2D eigenvalue weighted by molar-refractivity contribution is 5.79. The van der Waals surface area contributed by atoms with Gasteiger partial charge in [-0.3, -0.25) is 4.99 Å². The molecule has 0 spiro atoms. The highest BCUT2D eigenvalue weighted by Gasteiger charge is 2.15. The minimum Gasteiger partial charge on any atom is -0.385 e. The number of methoxy groups -OCH3 is 1. The predicted octanol–water partition coefficient (Wildman–Crippen LogP) is 0.384. The number of hydrogen-bond donors (Lipinski definition) is 2. The Morgan fingerprint density at radius 3 is 2.58 bits per heavy atom. The van der Waals surface area contributed by atoms with E-state index >= 15 is 0 Å². The van der Waals surface area contributed by atoms with Crippen molar-refractivity contribution in [2.24, 2.45) is 4.99 Å². The lowest BCUT2D eigenvalue weighted by Crippen LogP contribution is -2.38. The third-order valence-electron chi connectivity index (χ3n) is 2.90. The molecule has 0 aromatic heterocycles. The summed E-state index contributed by atoms with van der Waals surface area (Å²) in [6.45, 7) is 4.83. The summed E-state index contributed by atoms with van der Waals surface area (Å²) in [7, 11) is 3.49. The van der Waals surface area contributed by atoms with Crippen molar-refractivity contribution in [3.8, 4) is 0 Å². The molecule has 1 unspecified atom stereocenters. The molecule has 0 saturated carbocycles. The molecule has 0 bridgehead atoms. The topological polar surface area (TPSA) is 64.1 Å². The molecule has 0 radical (unpaired) electrons. The number of nitrogens with zero attached hydrogens (tertiary/aromatic N) is 1. The van der Waals surface area contributed by atoms with Crippen LogP contribution in [-0.2, 0) is 14.2 Å². The van der Waals surface area contributed by atoms with Crippen LogP contribution in [0.5, 0.6) is 0 Å². The largest absolute Gasteiger partial charge is 0.385 e. The average Bonchev–Trinajstić information content (AvgIpc) is 2.94. The zero-order valence-electron chi connectivity index (χ0n) is 12.1. The fourth-order valence-corrected chi connectivity index (χ4v) is 1.82. The van der Waals surface area contributed by atoms with Gasteiger partial charge in [0.15, 0.2) is 5.96 Å². The van der Waals surface area contributed by atoms with E-state index in [0.717, 1.165) is 64.7 Å². The SMILES string of the molecule is CN=C(NCCCOC)NCCCOC1CCOC1. The van der Waals surface area contributed by atoms with E-state index in [1.807, 2.05) is 0 Å². The van der Waals surface area contributed by atoms with Crippen LogP contribution < -0.4 is 10.6 Å². The van der Waals surface area contributed by atoms with Crippen LogP contribution in [0.15, 0.2) is 4.99 Å². The smallest absolute Gasteiger partial charge is 0.190 e. The monoisotopic (exact) mass is 273 g/mol. The van der Waals surface area contributed by atoms with Gasteiger partial charge in [0, 0.05) is 47.1 Å². The molecule has 1 aliphatic heterocycles. The molecule has 19 heavy (non-hydrogen) atoms. The molecule has 1 saturated heterocycles. The highest BCUT2D eigenvalue weighted by Crippen LogP contribution is 2.07. The number of rotatable bonds is 9. The van der Waals surface area contributed by atoms with Gasteiger partial charge in [-0.25, -0.2) is 0 Å². The second-order valence-corrected chi connectivity index (χ2v) is 4.48. The van der Waals surface area contributed by atoms with Crippen molar-refractivity contribution in [2.45, 2.75) is 25.4 Å². The lowest BCUT2D eigenvalue weighted by molar-refractivity contribution is 0.0420. The first kappa shape index (κ1) is 16.2. The molecule has 1 atom stereocenters. The first-order valence-corrected chi connectivity index (χ1v) is 6.99. The van der Waals surface area contributed by atoms with Gasteiger partial charge in [-0.15, -0.1) is 0 Å². The maximum absolute atomic E-state index is 5.69. The molecule has 112 valence electrons. The predicted molar refractivity (Wildman–Crippen MR) is 75.7 cm³/mol. The summed E-state index contributed by atoms with van der Waals surface area (Å²) < 4.78 is 15.9. The van der Waals surface area contributed by atoms with Crippen LogP contribution in [0.2, 0.25) is 0 Å². The van der Waals surface area contributed by atoms with Crippen LogP contribution in [-0.4, -0.2) is 65.7 Å². The fourth-order valence-electron chi connectivity index (χ4n) is 1.82. The Balaban J connectivity index is 1.93. The summed E-state index contributed by atoms with van der Waals surface area (Å²) in [5.41, 5.74) is 0. The zero-order valence-corrected chi connectivity index (χ0v) is 12.1. The minimum absolute atomic E-state index is 0.298. The second kappa shape index (κ2) is 11.0. The Kier molecular flexibility index (Phi) is 9.40. The lowest BCUT2D eigenvalue weighted by atomic mass is 10.3. The van der Waals surface area contributed by atoms with E-state index in [-0.39, 0.29) is 0 Å². The van der Waals surface area contributed by atoms with Crippen LogP contribution in [0.3, 0.4) is 0 Å². The number of guanidine groups is 1. The van der Waals surface area contributed by atoms with Gasteiger partial charge < -0.3 is 24.8 Å². The van der Waals surface area contributed by atoms with Gasteiger partial charge in [0.1, 0.15) is 0 Å². The van der Waals surface area contributed by atoms with Crippen molar-refractivity contribution < 1.29 is 14.2 Å². The van der Waals surface area contributed by atoms with Crippen molar-refractivity contribution in [3.63, 3.8) is 0 Å². The molecule has 2 N–H and O–H groups in total. The maximum Gasteiger partial charge on any atom is 0.190 e. The van der Waals surface area contributed by atoms with Gasteiger partial charge >= 0.3 is 0 Å². The molecule has 6 nitrogen and oxygen atoms in total. The van der Waals surface area contributed by atoms with Gasteiger partial charge in [0.05, 0.1) is 12.7 Å². The summed E-state index contributed by atoms with van der Waals surface area (Å²) in [6.07, 6.45) is 3.26. The molecule has 6 heteroatoms. The molecule has 1 aliphatic rings. The Bertz CT molecular complexity index is 243. The third kappa shape index (κ3) is 8.02. The van der Waals surface area contributed by atoms with Gasteiger partial charge in [-0.1, -0.05) is 0 Å². The van der Waals surface area contributed by atoms with E-state index in [0.29, 0.717) is 6.10 Å². The third-order valence-corrected chi connectivity index (χ3v) is 2.90. The number of ether oxygens (including phenoxy) is 3. The Morgan fingerprint density at radius 2 is 2.00 bits per heavy atom. The molecule has 1 heterocycles. The number of aliphatic imine (C=N–C) groups is 1. The van der Waals surface area contributed by atoms with Crippen LogP contribution in [0.25, 0.3) is 0 Å². The number of hydrogen-bond acceptors (Lipinski definition) is 4. The van der Waals surface area contributed by atoms with Crippen molar-refractivity contribution in [1.82, 2.24) is 10.6 Å². The van der Waals surface area contributed by atoms with Crippen LogP contribution in [0, 0.1) is 0 Å². The van der Waals surface area contributed by atoms with Crippen LogP contribution >= 0.6 is 0 Å². The Labute approximate surface area is 115 Å². The van der Waals surface area contributed by atoms with Crippen LogP contribution in [0.1, 0.15) is 19.3 Å². The van der Waals surface area contributed by atoms with Gasteiger partial charge in [-0.2, -0.15) is 0 Å². The molecular formula is C13H27N3O3. The summed E-state index contributed by atoms with van der Waals surface area (Å²) in [5, 5.41) is 6.49. The van der Waals surface area contributed by atoms with Gasteiger partial charge in [-0.05, 0) is 19.3 Å². The van der Waals surface area contributed by atoms with Gasteiger partial charge in [0.25, 0.3) is 0 Å². The zero-order chi connectivity index (χ0) is 13.8. The van der Waals surface area contributed by atoms with E-state index in [9.17, 15) is 0 Å². The second-order valence-electron chi connectivity index (χ2n) is 4.48. The van der Waals surface area contributed by atoms with E-state index < -0.39 is 0 Å². The Morgan fingerprint density at radius 1 is 1.26 bits per heavy atom. The fraction of sp³-hybridized carbons (Fsp3) is 0.923. The first-order chi connectivity index (χ1) is 9.36. The Hall–Kier alpha value is -0.850. The first-order valence-electron chi connectivity index (χ1n) is 6.99. The van der Waals surface area contributed by atoms with Crippen molar-refractivity contribution in [3.05, 3.63) is 0 Å². The lowest BCUT2D eigenvalue weighted by Gasteiger charge is -2.13. The molecule has 0 aliphatic carbocycles. The summed E-state index contributed by atoms with van der Waals surface area (Å²) in [4.78, 5) is 4.15. The van der Waals surface area contributed by atoms with E-state index in [2.05, 4.69) is 15.6 Å². The molecule has 0 amide bonds. The summed E-state index contributed by atoms with van der Waals surface area (Å²) >= 11 is 0. The maximum atomic E-state index is 5.69. The summed E-state index contributed by atoms with van der Waals surface area (Å²) in [6, 6.07) is 0. The number of nitrogens with one attached hydrogen (secondary N) is 2. The molecular weight excluding hydrogens is 246 g/mol. The molecule has 0 aromatic rings. The highest BCUT2D eigenvalue weighted by atomic mass is 16.5. The molecule has 1 rings (SSSR count). The van der Waals surface area contributed by atoms with Gasteiger partial charge in [0.2, 0.25) is 0 Å². The minimum atomic E-state index is 0.298. The molecule has 0 aromatic carbocycles. The van der Waals surface area contributed by atoms with E-state index in [1.54, 1.807) is 14.2 Å². The molecule has 1 fully saturated rings. The van der Waals surface area contributed by atoms with Crippen LogP contribution in [0.4, 0.5) is 0 Å². The normalized spacial score (nSPS) is 19.7. The summed E-state index contributed by atoms with van der Waals surface area (Å²) in [5.74, 6) is 0.834. The van der Waals surface area contributed by atoms with Crippen molar-refractivity contribution >= 4 is 5.96 Å². The van der Waals surface area contributed by atoms with Crippen molar-refractivity contribution in [2.75, 3.05) is 53.7 Å². The van der Waals surface area contributed by atoms with Crippen molar-refractivity contribution in [1.29, 1.82) is 0 Å². The van der Waals surface area contributed by atoms with E-state index in [1.165, 1.54) is 0 Å². The average molecular weight is 273 g/mol. The quantitative estimate of drug-likeness (QED) is 0.361. The van der Waals surface area contributed by atoms with E-state index in [4.69, 9.17) is 14.2 Å².